The largest absolute Gasteiger partial charge is 0.365 e. The van der Waals surface area contributed by atoms with Crippen molar-refractivity contribution in [2.45, 2.75) is 38.2 Å². The van der Waals surface area contributed by atoms with Crippen molar-refractivity contribution in [2.24, 2.45) is 5.92 Å². The van der Waals surface area contributed by atoms with Gasteiger partial charge in [-0.1, -0.05) is 5.16 Å². The predicted octanol–water partition coefficient (Wildman–Crippen LogP) is 2.37. The summed E-state index contributed by atoms with van der Waals surface area (Å²) in [5, 5.41) is 3.76. The number of likely N-dealkylation sites (tertiary alicyclic amines) is 1. The number of aromatic nitrogens is 2. The third kappa shape index (κ3) is 4.91. The van der Waals surface area contributed by atoms with E-state index in [-0.39, 0.29) is 5.89 Å². The number of nitrogens with zero attached hydrogens (tertiary/aromatic N) is 3. The highest BCUT2D eigenvalue weighted by Crippen LogP contribution is 2.23. The molecule has 126 valence electrons. The molecule has 22 heavy (non-hydrogen) atoms. The lowest BCUT2D eigenvalue weighted by Gasteiger charge is -2.27. The van der Waals surface area contributed by atoms with Crippen LogP contribution in [0.3, 0.4) is 0 Å². The number of hydrogen-bond donors (Lipinski definition) is 0. The van der Waals surface area contributed by atoms with Crippen LogP contribution in [0.15, 0.2) is 4.52 Å². The molecule has 1 aliphatic rings. The number of alkyl halides is 4. The first-order chi connectivity index (χ1) is 10.4. The van der Waals surface area contributed by atoms with Crippen LogP contribution in [-0.4, -0.2) is 54.1 Å². The lowest BCUT2D eigenvalue weighted by atomic mass is 9.94. The number of piperidine rings is 1. The van der Waals surface area contributed by atoms with E-state index in [0.29, 0.717) is 18.2 Å². The summed E-state index contributed by atoms with van der Waals surface area (Å²) in [4.78, 5) is 6.28. The molecule has 0 bridgehead atoms. The van der Waals surface area contributed by atoms with Crippen LogP contribution in [0, 0.1) is 5.92 Å². The fraction of sp³-hybridized carbons (Fsp3) is 0.846. The van der Waals surface area contributed by atoms with Gasteiger partial charge < -0.3 is 14.2 Å². The Balaban J connectivity index is 1.75. The van der Waals surface area contributed by atoms with Crippen LogP contribution in [0.4, 0.5) is 17.6 Å². The summed E-state index contributed by atoms with van der Waals surface area (Å²) in [5.74, 6) is -3.19. The van der Waals surface area contributed by atoms with Crippen molar-refractivity contribution in [2.75, 3.05) is 26.7 Å². The molecule has 1 aliphatic heterocycles. The maximum absolute atomic E-state index is 12.6. The standard InChI is InChI=1S/C13H19F4N3O2/c1-20-4-2-9(3-5-20)6-10-18-11(22-19-10)7-21-8-13(16,17)12(14)15/h9,12H,2-8H2,1H3. The molecule has 0 aromatic carbocycles. The Kier molecular flexibility index (Phi) is 5.74. The summed E-state index contributed by atoms with van der Waals surface area (Å²) in [6.07, 6.45) is -1.02. The van der Waals surface area contributed by atoms with E-state index < -0.39 is 25.6 Å². The molecule has 9 heteroatoms. The van der Waals surface area contributed by atoms with Gasteiger partial charge in [-0.2, -0.15) is 13.8 Å². The van der Waals surface area contributed by atoms with E-state index in [1.807, 2.05) is 0 Å². The average Bonchev–Trinajstić information content (AvgIpc) is 2.88. The van der Waals surface area contributed by atoms with E-state index in [1.165, 1.54) is 0 Å². The van der Waals surface area contributed by atoms with E-state index in [1.54, 1.807) is 0 Å². The van der Waals surface area contributed by atoms with Crippen LogP contribution < -0.4 is 0 Å². The van der Waals surface area contributed by atoms with Gasteiger partial charge in [0.2, 0.25) is 0 Å². The number of hydrogen-bond acceptors (Lipinski definition) is 5. The molecule has 0 aliphatic carbocycles. The summed E-state index contributed by atoms with van der Waals surface area (Å²) in [5.41, 5.74) is 0. The Morgan fingerprint density at radius 1 is 1.36 bits per heavy atom. The lowest BCUT2D eigenvalue weighted by molar-refractivity contribution is -0.169. The zero-order valence-corrected chi connectivity index (χ0v) is 12.3. The molecule has 2 rings (SSSR count). The molecule has 0 amide bonds. The monoisotopic (exact) mass is 325 g/mol. The van der Waals surface area contributed by atoms with Crippen LogP contribution >= 0.6 is 0 Å². The average molecular weight is 325 g/mol. The molecule has 0 spiro atoms. The normalized spacial score (nSPS) is 18.3. The molecule has 0 saturated carbocycles. The molecular formula is C13H19F4N3O2. The van der Waals surface area contributed by atoms with Gasteiger partial charge in [-0.25, -0.2) is 8.78 Å². The minimum Gasteiger partial charge on any atom is -0.365 e. The van der Waals surface area contributed by atoms with Gasteiger partial charge in [-0.3, -0.25) is 0 Å². The van der Waals surface area contributed by atoms with E-state index in [0.717, 1.165) is 25.9 Å². The Morgan fingerprint density at radius 3 is 2.68 bits per heavy atom. The van der Waals surface area contributed by atoms with Gasteiger partial charge in [0.1, 0.15) is 13.2 Å². The van der Waals surface area contributed by atoms with E-state index in [2.05, 4.69) is 26.8 Å². The highest BCUT2D eigenvalue weighted by molar-refractivity contribution is 4.89. The van der Waals surface area contributed by atoms with Crippen molar-refractivity contribution in [1.29, 1.82) is 0 Å². The van der Waals surface area contributed by atoms with Crippen LogP contribution in [0.1, 0.15) is 24.6 Å². The zero-order chi connectivity index (χ0) is 16.2. The molecule has 0 N–H and O–H groups in total. The Bertz CT molecular complexity index is 462. The Morgan fingerprint density at radius 2 is 2.05 bits per heavy atom. The summed E-state index contributed by atoms with van der Waals surface area (Å²) < 4.78 is 58.6. The molecular weight excluding hydrogens is 306 g/mol. The van der Waals surface area contributed by atoms with Gasteiger partial charge in [-0.05, 0) is 38.9 Å². The molecule has 0 unspecified atom stereocenters. The first-order valence-electron chi connectivity index (χ1n) is 7.10. The van der Waals surface area contributed by atoms with E-state index in [9.17, 15) is 17.6 Å². The van der Waals surface area contributed by atoms with Gasteiger partial charge in [-0.15, -0.1) is 0 Å². The van der Waals surface area contributed by atoms with Gasteiger partial charge >= 0.3 is 12.3 Å². The van der Waals surface area contributed by atoms with Crippen LogP contribution in [0.5, 0.6) is 0 Å². The summed E-state index contributed by atoms with van der Waals surface area (Å²) in [6.45, 7) is 0.252. The molecule has 0 atom stereocenters. The summed E-state index contributed by atoms with van der Waals surface area (Å²) in [6, 6.07) is 0. The smallest absolute Gasteiger partial charge is 0.330 e. The summed E-state index contributed by atoms with van der Waals surface area (Å²) in [7, 11) is 2.06. The Labute approximate surface area is 125 Å². The molecule has 5 nitrogen and oxygen atoms in total. The van der Waals surface area contributed by atoms with Crippen LogP contribution in [0.25, 0.3) is 0 Å². The van der Waals surface area contributed by atoms with Crippen LogP contribution in [-0.2, 0) is 17.8 Å². The van der Waals surface area contributed by atoms with E-state index in [4.69, 9.17) is 4.52 Å². The first kappa shape index (κ1) is 17.1. The summed E-state index contributed by atoms with van der Waals surface area (Å²) >= 11 is 0. The second kappa shape index (κ2) is 7.36. The molecule has 2 heterocycles. The second-order valence-electron chi connectivity index (χ2n) is 5.61. The van der Waals surface area contributed by atoms with Crippen molar-refractivity contribution in [1.82, 2.24) is 15.0 Å². The number of rotatable bonds is 7. The van der Waals surface area contributed by atoms with Gasteiger partial charge in [0, 0.05) is 6.42 Å². The first-order valence-corrected chi connectivity index (χ1v) is 7.10. The minimum atomic E-state index is -4.17. The van der Waals surface area contributed by atoms with Gasteiger partial charge in [0.05, 0.1) is 0 Å². The fourth-order valence-corrected chi connectivity index (χ4v) is 2.29. The maximum Gasteiger partial charge on any atom is 0.330 e. The second-order valence-corrected chi connectivity index (χ2v) is 5.61. The highest BCUT2D eigenvalue weighted by atomic mass is 19.3. The molecule has 1 saturated heterocycles. The fourth-order valence-electron chi connectivity index (χ4n) is 2.29. The van der Waals surface area contributed by atoms with Crippen molar-refractivity contribution >= 4 is 0 Å². The number of halogens is 4. The van der Waals surface area contributed by atoms with Gasteiger partial charge in [0.15, 0.2) is 5.82 Å². The molecule has 1 aromatic rings. The quantitative estimate of drug-likeness (QED) is 0.721. The third-order valence-electron chi connectivity index (χ3n) is 3.66. The number of ether oxygens (including phenoxy) is 1. The SMILES string of the molecule is CN1CCC(Cc2noc(COCC(F)(F)C(F)F)n2)CC1. The minimum absolute atomic E-state index is 0.0213. The van der Waals surface area contributed by atoms with Gasteiger partial charge in [0.25, 0.3) is 5.89 Å². The topological polar surface area (TPSA) is 51.4 Å². The van der Waals surface area contributed by atoms with Crippen molar-refractivity contribution < 1.29 is 26.8 Å². The van der Waals surface area contributed by atoms with Crippen molar-refractivity contribution in [3.63, 3.8) is 0 Å². The highest BCUT2D eigenvalue weighted by Gasteiger charge is 2.41. The molecule has 1 fully saturated rings. The van der Waals surface area contributed by atoms with E-state index >= 15 is 0 Å². The van der Waals surface area contributed by atoms with Crippen LogP contribution in [0.2, 0.25) is 0 Å². The molecule has 1 aromatic heterocycles. The third-order valence-corrected chi connectivity index (χ3v) is 3.66. The zero-order valence-electron chi connectivity index (χ0n) is 12.3. The Hall–Kier alpha value is -1.22. The maximum atomic E-state index is 12.6. The van der Waals surface area contributed by atoms with Crippen molar-refractivity contribution in [3.05, 3.63) is 11.7 Å². The molecule has 0 radical (unpaired) electrons. The predicted molar refractivity (Wildman–Crippen MR) is 68.8 cm³/mol. The lowest BCUT2D eigenvalue weighted by Crippen LogP contribution is -2.32. The van der Waals surface area contributed by atoms with Crippen molar-refractivity contribution in [3.8, 4) is 0 Å².